The molecule has 6 heteroatoms. The van der Waals surface area contributed by atoms with E-state index in [2.05, 4.69) is 4.90 Å². The normalized spacial score (nSPS) is 16.0. The molecule has 3 nitrogen and oxygen atoms in total. The summed E-state index contributed by atoms with van der Waals surface area (Å²) in [6.45, 7) is 2.03. The largest absolute Gasteiger partial charge is 0.299 e. The molecular formula is C21H21F2NO2S. The van der Waals surface area contributed by atoms with Crippen molar-refractivity contribution in [2.75, 3.05) is 19.6 Å². The van der Waals surface area contributed by atoms with Crippen LogP contribution in [-0.4, -0.2) is 34.5 Å². The molecule has 0 spiro atoms. The molecule has 1 atom stereocenters. The van der Waals surface area contributed by atoms with Gasteiger partial charge in [-0.15, -0.1) is 0 Å². The van der Waals surface area contributed by atoms with Crippen LogP contribution in [-0.2, 0) is 22.0 Å². The first-order valence-corrected chi connectivity index (χ1v) is 10.0. The van der Waals surface area contributed by atoms with Crippen LogP contribution in [0.5, 0.6) is 0 Å². The highest BCUT2D eigenvalue weighted by molar-refractivity contribution is 7.89. The second kappa shape index (κ2) is 9.15. The summed E-state index contributed by atoms with van der Waals surface area (Å²) in [7, 11) is -1.26. The summed E-state index contributed by atoms with van der Waals surface area (Å²) in [5, 5.41) is 0. The van der Waals surface area contributed by atoms with Crippen molar-refractivity contribution in [2.24, 2.45) is 0 Å². The minimum Gasteiger partial charge on any atom is -0.299 e. The number of ketones is 1. The van der Waals surface area contributed by atoms with Crippen LogP contribution in [0.3, 0.4) is 0 Å². The standard InChI is InChI=1S/C21H21F2NO2S/c22-17-3-1-16(2-4-17)15-19(25)9-12-24-13-10-21(11-14-24)27(26)20-7-5-18(23)6-8-20/h1-8,10H,9,11-15H2. The summed E-state index contributed by atoms with van der Waals surface area (Å²) in [6, 6.07) is 11.7. The van der Waals surface area contributed by atoms with Gasteiger partial charge in [0, 0.05) is 42.3 Å². The molecule has 2 aromatic carbocycles. The Bertz CT molecular complexity index is 847. The van der Waals surface area contributed by atoms with Crippen molar-refractivity contribution in [3.8, 4) is 0 Å². The topological polar surface area (TPSA) is 37.4 Å². The Morgan fingerprint density at radius 1 is 1.00 bits per heavy atom. The first-order valence-electron chi connectivity index (χ1n) is 8.86. The van der Waals surface area contributed by atoms with Gasteiger partial charge in [-0.1, -0.05) is 18.2 Å². The van der Waals surface area contributed by atoms with Crippen molar-refractivity contribution in [1.29, 1.82) is 0 Å². The maximum absolute atomic E-state index is 13.0. The molecule has 0 saturated carbocycles. The van der Waals surface area contributed by atoms with Gasteiger partial charge in [-0.2, -0.15) is 0 Å². The van der Waals surface area contributed by atoms with Crippen molar-refractivity contribution >= 4 is 16.6 Å². The van der Waals surface area contributed by atoms with Crippen LogP contribution in [0.4, 0.5) is 8.78 Å². The van der Waals surface area contributed by atoms with Gasteiger partial charge in [0.1, 0.15) is 17.4 Å². The first kappa shape index (κ1) is 19.6. The number of benzene rings is 2. The quantitative estimate of drug-likeness (QED) is 0.722. The van der Waals surface area contributed by atoms with E-state index in [1.165, 1.54) is 24.3 Å². The predicted octanol–water partition coefficient (Wildman–Crippen LogP) is 3.86. The third kappa shape index (κ3) is 5.65. The average Bonchev–Trinajstić information content (AvgIpc) is 2.69. The second-order valence-corrected chi connectivity index (χ2v) is 8.07. The minimum absolute atomic E-state index is 0.117. The molecule has 1 unspecified atom stereocenters. The monoisotopic (exact) mass is 389 g/mol. The Labute approximate surface area is 160 Å². The molecule has 0 fully saturated rings. The highest BCUT2D eigenvalue weighted by atomic mass is 32.2. The second-order valence-electron chi connectivity index (χ2n) is 6.54. The summed E-state index contributed by atoms with van der Waals surface area (Å²) in [6.07, 6.45) is 3.34. The summed E-state index contributed by atoms with van der Waals surface area (Å²) in [5.41, 5.74) is 0.817. The summed E-state index contributed by atoms with van der Waals surface area (Å²) >= 11 is 0. The van der Waals surface area contributed by atoms with Gasteiger partial charge in [-0.25, -0.2) is 13.0 Å². The van der Waals surface area contributed by atoms with Crippen LogP contribution < -0.4 is 0 Å². The van der Waals surface area contributed by atoms with Gasteiger partial charge in [0.2, 0.25) is 0 Å². The number of Topliss-reactive ketones (excluding diaryl/α,β-unsaturated/α-hetero) is 1. The van der Waals surface area contributed by atoms with E-state index in [1.54, 1.807) is 24.3 Å². The smallest absolute Gasteiger partial charge is 0.138 e. The fourth-order valence-electron chi connectivity index (χ4n) is 2.97. The van der Waals surface area contributed by atoms with E-state index in [-0.39, 0.29) is 17.4 Å². The average molecular weight is 389 g/mol. The molecule has 0 amide bonds. The fraction of sp³-hybridized carbons (Fsp3) is 0.286. The Morgan fingerprint density at radius 3 is 2.22 bits per heavy atom. The maximum Gasteiger partial charge on any atom is 0.138 e. The Hall–Kier alpha value is -2.18. The Kier molecular flexibility index (Phi) is 6.63. The molecule has 2 aromatic rings. The van der Waals surface area contributed by atoms with E-state index in [0.29, 0.717) is 37.2 Å². The van der Waals surface area contributed by atoms with Crippen LogP contribution in [0, 0.1) is 11.6 Å². The highest BCUT2D eigenvalue weighted by Gasteiger charge is 2.18. The van der Waals surface area contributed by atoms with Gasteiger partial charge >= 0.3 is 0 Å². The van der Waals surface area contributed by atoms with Crippen LogP contribution in [0.2, 0.25) is 0 Å². The predicted molar refractivity (Wildman–Crippen MR) is 102 cm³/mol. The lowest BCUT2D eigenvalue weighted by molar-refractivity contribution is -0.118. The number of carbonyl (C=O) groups is 1. The zero-order chi connectivity index (χ0) is 19.2. The van der Waals surface area contributed by atoms with E-state index in [4.69, 9.17) is 0 Å². The van der Waals surface area contributed by atoms with Crippen molar-refractivity contribution in [1.82, 2.24) is 4.90 Å². The highest BCUT2D eigenvalue weighted by Crippen LogP contribution is 2.21. The zero-order valence-electron chi connectivity index (χ0n) is 14.9. The number of hydrogen-bond acceptors (Lipinski definition) is 3. The molecule has 27 heavy (non-hydrogen) atoms. The molecule has 0 N–H and O–H groups in total. The molecule has 0 bridgehead atoms. The van der Waals surface area contributed by atoms with Crippen molar-refractivity contribution in [3.63, 3.8) is 0 Å². The lowest BCUT2D eigenvalue weighted by Gasteiger charge is -2.25. The molecule has 1 aliphatic rings. The van der Waals surface area contributed by atoms with Crippen molar-refractivity contribution < 1.29 is 17.8 Å². The third-order valence-electron chi connectivity index (χ3n) is 4.54. The molecule has 1 aliphatic heterocycles. The minimum atomic E-state index is -1.26. The Morgan fingerprint density at radius 2 is 1.63 bits per heavy atom. The van der Waals surface area contributed by atoms with E-state index < -0.39 is 10.8 Å². The van der Waals surface area contributed by atoms with E-state index in [9.17, 15) is 17.8 Å². The van der Waals surface area contributed by atoms with Gasteiger partial charge in [-0.3, -0.25) is 9.69 Å². The molecule has 0 aromatic heterocycles. The van der Waals surface area contributed by atoms with Gasteiger partial charge < -0.3 is 0 Å². The van der Waals surface area contributed by atoms with Gasteiger partial charge in [0.15, 0.2) is 0 Å². The number of carbonyl (C=O) groups excluding carboxylic acids is 1. The van der Waals surface area contributed by atoms with E-state index >= 15 is 0 Å². The molecule has 0 radical (unpaired) electrons. The SMILES string of the molecule is O=C(CCN1CC=C(S(=O)c2ccc(F)cc2)CC1)Cc1ccc(F)cc1. The first-order chi connectivity index (χ1) is 13.0. The van der Waals surface area contributed by atoms with Crippen LogP contribution >= 0.6 is 0 Å². The molecule has 3 rings (SSSR count). The van der Waals surface area contributed by atoms with Crippen LogP contribution in [0.25, 0.3) is 0 Å². The fourth-order valence-corrected chi connectivity index (χ4v) is 4.16. The lowest BCUT2D eigenvalue weighted by Crippen LogP contribution is -2.31. The number of halogens is 2. The number of nitrogens with zero attached hydrogens (tertiary/aromatic N) is 1. The summed E-state index contributed by atoms with van der Waals surface area (Å²) in [4.78, 5) is 15.7. The van der Waals surface area contributed by atoms with Crippen LogP contribution in [0.15, 0.2) is 64.4 Å². The third-order valence-corrected chi connectivity index (χ3v) is 6.09. The zero-order valence-corrected chi connectivity index (χ0v) is 15.7. The van der Waals surface area contributed by atoms with Gasteiger partial charge in [0.25, 0.3) is 0 Å². The van der Waals surface area contributed by atoms with Crippen LogP contribution in [0.1, 0.15) is 18.4 Å². The molecule has 0 aliphatic carbocycles. The maximum atomic E-state index is 13.0. The Balaban J connectivity index is 1.47. The number of rotatable bonds is 7. The lowest BCUT2D eigenvalue weighted by atomic mass is 10.1. The molecular weight excluding hydrogens is 368 g/mol. The van der Waals surface area contributed by atoms with Crippen molar-refractivity contribution in [2.45, 2.75) is 24.2 Å². The van der Waals surface area contributed by atoms with E-state index in [0.717, 1.165) is 17.0 Å². The van der Waals surface area contributed by atoms with Crippen molar-refractivity contribution in [3.05, 3.63) is 76.7 Å². The molecule has 0 saturated heterocycles. The van der Waals surface area contributed by atoms with Gasteiger partial charge in [0.05, 0.1) is 10.8 Å². The van der Waals surface area contributed by atoms with E-state index in [1.807, 2.05) is 6.08 Å². The molecule has 142 valence electrons. The molecule has 1 heterocycles. The van der Waals surface area contributed by atoms with Gasteiger partial charge in [-0.05, 0) is 48.4 Å². The summed E-state index contributed by atoms with van der Waals surface area (Å²) in [5.74, 6) is -0.531. The summed E-state index contributed by atoms with van der Waals surface area (Å²) < 4.78 is 38.4. The number of hydrogen-bond donors (Lipinski definition) is 0.